The van der Waals surface area contributed by atoms with Crippen molar-refractivity contribution in [2.45, 2.75) is 57.9 Å². The molecule has 0 aliphatic carbocycles. The molecule has 1 aromatic rings. The highest BCUT2D eigenvalue weighted by molar-refractivity contribution is 5.67. The second-order valence-corrected chi connectivity index (χ2v) is 6.52. The Morgan fingerprint density at radius 1 is 1.32 bits per heavy atom. The van der Waals surface area contributed by atoms with E-state index in [1.807, 2.05) is 0 Å². The van der Waals surface area contributed by atoms with Crippen LogP contribution < -0.4 is 11.2 Å². The molecule has 0 spiro atoms. The van der Waals surface area contributed by atoms with E-state index in [0.29, 0.717) is 0 Å². The Hall–Kier alpha value is -2.53. The zero-order chi connectivity index (χ0) is 21.1. The van der Waals surface area contributed by atoms with Crippen LogP contribution in [0.3, 0.4) is 0 Å². The number of rotatable bonds is 6. The van der Waals surface area contributed by atoms with Crippen LogP contribution in [0.4, 0.5) is 4.39 Å². The largest absolute Gasteiger partial charge is 0.456 e. The number of alkyl halides is 1. The lowest BCUT2D eigenvalue weighted by atomic mass is 9.87. The maximum atomic E-state index is 16.1. The number of halogens is 1. The number of aryl methyl sites for hydroxylation is 2. The summed E-state index contributed by atoms with van der Waals surface area (Å²) < 4.78 is 37.7. The number of nitrogens with one attached hydrogen (secondary N) is 1. The third-order valence-corrected chi connectivity index (χ3v) is 4.36. The summed E-state index contributed by atoms with van der Waals surface area (Å²) in [5, 5.41) is 0. The lowest BCUT2D eigenvalue weighted by Crippen LogP contribution is -2.63. The molecule has 0 aromatic carbocycles. The van der Waals surface area contributed by atoms with Gasteiger partial charge in [-0.1, -0.05) is 0 Å². The molecule has 10 nitrogen and oxygen atoms in total. The van der Waals surface area contributed by atoms with Crippen LogP contribution in [0.25, 0.3) is 0 Å². The third-order valence-electron chi connectivity index (χ3n) is 4.36. The van der Waals surface area contributed by atoms with Crippen LogP contribution in [0, 0.1) is 6.92 Å². The number of aromatic nitrogens is 2. The first-order chi connectivity index (χ1) is 13.1. The third kappa shape index (κ3) is 4.65. The van der Waals surface area contributed by atoms with Crippen LogP contribution in [0.15, 0.2) is 15.8 Å². The number of hydrogen-bond acceptors (Lipinski definition) is 8. The molecule has 28 heavy (non-hydrogen) atoms. The number of carbonyl (C=O) groups is 2. The summed E-state index contributed by atoms with van der Waals surface area (Å²) >= 11 is 0. The Morgan fingerprint density at radius 3 is 2.54 bits per heavy atom. The topological polar surface area (TPSA) is 126 Å². The highest BCUT2D eigenvalue weighted by Crippen LogP contribution is 2.37. The number of H-pyrrole nitrogens is 1. The van der Waals surface area contributed by atoms with Gasteiger partial charge in [-0.25, -0.2) is 9.18 Å². The molecule has 1 saturated heterocycles. The number of aromatic amines is 1. The number of carbonyl (C=O) groups excluding carboxylic acids is 2. The van der Waals surface area contributed by atoms with Gasteiger partial charge >= 0.3 is 17.6 Å². The molecule has 1 aromatic heterocycles. The van der Waals surface area contributed by atoms with Crippen LogP contribution in [0.5, 0.6) is 0 Å². The fourth-order valence-electron chi connectivity index (χ4n) is 3.11. The van der Waals surface area contributed by atoms with Gasteiger partial charge in [-0.3, -0.25) is 19.4 Å². The van der Waals surface area contributed by atoms with E-state index in [1.54, 1.807) is 0 Å². The van der Waals surface area contributed by atoms with Gasteiger partial charge in [0.15, 0.2) is 18.5 Å². The number of hydrogen-bond donors (Lipinski definition) is 1. The van der Waals surface area contributed by atoms with Crippen LogP contribution in [0.1, 0.15) is 25.8 Å². The summed E-state index contributed by atoms with van der Waals surface area (Å²) in [5.74, 6) is -1.48. The summed E-state index contributed by atoms with van der Waals surface area (Å²) in [5.41, 5.74) is -3.42. The fraction of sp³-hybridized carbons (Fsp3) is 0.647. The Bertz CT molecular complexity index is 850. The van der Waals surface area contributed by atoms with E-state index < -0.39 is 47.4 Å². The second kappa shape index (κ2) is 8.65. The van der Waals surface area contributed by atoms with Gasteiger partial charge in [-0.15, -0.1) is 0 Å². The number of methoxy groups -OCH3 is 1. The summed E-state index contributed by atoms with van der Waals surface area (Å²) in [4.78, 5) is 48.4. The Kier molecular flexibility index (Phi) is 6.73. The molecule has 2 heterocycles. The van der Waals surface area contributed by atoms with E-state index in [0.717, 1.165) is 18.4 Å². The van der Waals surface area contributed by atoms with Crippen LogP contribution in [-0.2, 0) is 35.1 Å². The van der Waals surface area contributed by atoms with Crippen molar-refractivity contribution in [3.63, 3.8) is 0 Å². The van der Waals surface area contributed by atoms with Gasteiger partial charge in [-0.2, -0.15) is 0 Å². The van der Waals surface area contributed by atoms with E-state index in [9.17, 15) is 19.2 Å². The summed E-state index contributed by atoms with van der Waals surface area (Å²) in [6, 6.07) is 0. The van der Waals surface area contributed by atoms with Gasteiger partial charge in [0.1, 0.15) is 0 Å². The molecule has 1 aliphatic rings. The van der Waals surface area contributed by atoms with Gasteiger partial charge in [0.25, 0.3) is 5.56 Å². The first-order valence-electron chi connectivity index (χ1n) is 8.56. The van der Waals surface area contributed by atoms with Gasteiger partial charge in [0.05, 0.1) is 6.61 Å². The molecule has 0 radical (unpaired) electrons. The molecule has 4 atom stereocenters. The molecule has 0 amide bonds. The van der Waals surface area contributed by atoms with E-state index in [2.05, 4.69) is 4.98 Å². The molecular weight excluding hydrogens is 379 g/mol. The molecule has 1 fully saturated rings. The van der Waals surface area contributed by atoms with Crippen molar-refractivity contribution in [2.75, 3.05) is 13.7 Å². The molecule has 0 bridgehead atoms. The van der Waals surface area contributed by atoms with Gasteiger partial charge in [0, 0.05) is 45.7 Å². The molecular formula is C17H23FN2O8. The number of nitrogens with zero attached hydrogens (tertiary/aromatic N) is 1. The zero-order valence-electron chi connectivity index (χ0n) is 16.0. The molecule has 0 saturated carbocycles. The quantitative estimate of drug-likeness (QED) is 0.649. The van der Waals surface area contributed by atoms with Crippen LogP contribution in [0.2, 0.25) is 0 Å². The first kappa shape index (κ1) is 21.8. The summed E-state index contributed by atoms with van der Waals surface area (Å²) in [7, 11) is 1.21. The molecule has 11 heteroatoms. The minimum atomic E-state index is -2.43. The monoisotopic (exact) mass is 402 g/mol. The minimum absolute atomic E-state index is 0.180. The van der Waals surface area contributed by atoms with E-state index in [1.165, 1.54) is 20.2 Å². The van der Waals surface area contributed by atoms with Crippen molar-refractivity contribution < 1.29 is 32.9 Å². The zero-order valence-corrected chi connectivity index (χ0v) is 16.0. The predicted molar refractivity (Wildman–Crippen MR) is 92.4 cm³/mol. The first-order valence-corrected chi connectivity index (χ1v) is 8.56. The van der Waals surface area contributed by atoms with Crippen LogP contribution >= 0.6 is 0 Å². The maximum Gasteiger partial charge on any atom is 0.328 e. The standard InChI is InChI=1S/C17H23FN2O8/c1-9-7-20(16(24)19-14(9)23)6-5-17(18)13(28-11(3)22)12(27-10(2)21)8-26-15(17)25-4/h7,12-13,15H,5-6,8H2,1-4H3,(H,19,23,24)/t12-,13-,15+,17-/m1/s1. The fourth-order valence-corrected chi connectivity index (χ4v) is 3.11. The lowest BCUT2D eigenvalue weighted by Gasteiger charge is -2.44. The summed E-state index contributed by atoms with van der Waals surface area (Å²) in [6.07, 6.45) is -3.21. The molecule has 2 rings (SSSR count). The molecule has 1 N–H and O–H groups in total. The maximum absolute atomic E-state index is 16.1. The minimum Gasteiger partial charge on any atom is -0.456 e. The average Bonchev–Trinajstić information content (AvgIpc) is 2.60. The summed E-state index contributed by atoms with van der Waals surface area (Å²) in [6.45, 7) is 3.31. The highest BCUT2D eigenvalue weighted by Gasteiger charge is 2.57. The van der Waals surface area contributed by atoms with Crippen molar-refractivity contribution in [1.29, 1.82) is 0 Å². The van der Waals surface area contributed by atoms with Crippen molar-refractivity contribution in [1.82, 2.24) is 9.55 Å². The Morgan fingerprint density at radius 2 is 1.96 bits per heavy atom. The smallest absolute Gasteiger partial charge is 0.328 e. The van der Waals surface area contributed by atoms with Crippen molar-refractivity contribution in [3.05, 3.63) is 32.6 Å². The molecule has 1 aliphatic heterocycles. The van der Waals surface area contributed by atoms with Gasteiger partial charge < -0.3 is 23.5 Å². The van der Waals surface area contributed by atoms with Crippen LogP contribution in [-0.4, -0.2) is 59.4 Å². The predicted octanol–water partition coefficient (Wildman–Crippen LogP) is -0.190. The van der Waals surface area contributed by atoms with E-state index >= 15 is 4.39 Å². The second-order valence-electron chi connectivity index (χ2n) is 6.52. The highest BCUT2D eigenvalue weighted by atomic mass is 19.1. The van der Waals surface area contributed by atoms with E-state index in [4.69, 9.17) is 18.9 Å². The van der Waals surface area contributed by atoms with Crippen molar-refractivity contribution >= 4 is 11.9 Å². The van der Waals surface area contributed by atoms with Gasteiger partial charge in [-0.05, 0) is 6.92 Å². The van der Waals surface area contributed by atoms with Gasteiger partial charge in [0.2, 0.25) is 5.67 Å². The number of ether oxygens (including phenoxy) is 4. The normalized spacial score (nSPS) is 27.2. The van der Waals surface area contributed by atoms with Crippen molar-refractivity contribution in [2.24, 2.45) is 0 Å². The van der Waals surface area contributed by atoms with Crippen molar-refractivity contribution in [3.8, 4) is 0 Å². The average molecular weight is 402 g/mol. The molecule has 0 unspecified atom stereocenters. The Labute approximate surface area is 159 Å². The Balaban J connectivity index is 2.36. The lowest BCUT2D eigenvalue weighted by molar-refractivity contribution is -0.293. The van der Waals surface area contributed by atoms with E-state index in [-0.39, 0.29) is 25.1 Å². The molecule has 156 valence electrons. The number of esters is 2. The SMILES string of the molecule is CO[C@H]1OC[C@@H](OC(C)=O)[C@@H](OC(C)=O)[C@]1(F)CCn1cc(C)c(=O)[nH]c1=O.